The van der Waals surface area contributed by atoms with Crippen LogP contribution in [0.2, 0.25) is 0 Å². The lowest BCUT2D eigenvalue weighted by Crippen LogP contribution is -2.22. The Labute approximate surface area is 117 Å². The number of nitrogens with one attached hydrogen (secondary N) is 2. The molecule has 2 N–H and O–H groups in total. The van der Waals surface area contributed by atoms with Crippen molar-refractivity contribution in [3.63, 3.8) is 0 Å². The number of aryl methyl sites for hydroxylation is 1. The summed E-state index contributed by atoms with van der Waals surface area (Å²) in [5, 5.41) is 3.09. The number of pyridine rings is 1. The molecule has 0 spiro atoms. The highest BCUT2D eigenvalue weighted by Crippen LogP contribution is 2.16. The minimum absolute atomic E-state index is 0.0940. The van der Waals surface area contributed by atoms with Crippen molar-refractivity contribution in [2.24, 2.45) is 0 Å². The van der Waals surface area contributed by atoms with Gasteiger partial charge >= 0.3 is 0 Å². The molecule has 0 aromatic carbocycles. The third-order valence-electron chi connectivity index (χ3n) is 2.30. The molecule has 0 aliphatic carbocycles. The van der Waals surface area contributed by atoms with Gasteiger partial charge in [0.15, 0.2) is 0 Å². The van der Waals surface area contributed by atoms with E-state index in [1.165, 1.54) is 0 Å². The topological polar surface area (TPSA) is 71.1 Å². The van der Waals surface area contributed by atoms with Crippen molar-refractivity contribution >= 4 is 31.8 Å². The predicted molar refractivity (Wildman–Crippen MR) is 77.2 cm³/mol. The maximum absolute atomic E-state index is 11.8. The second-order valence-corrected chi connectivity index (χ2v) is 6.59. The third kappa shape index (κ3) is 5.32. The second kappa shape index (κ2) is 7.06. The lowest BCUT2D eigenvalue weighted by Gasteiger charge is -2.08. The molecule has 1 heterocycles. The van der Waals surface area contributed by atoms with Gasteiger partial charge in [-0.2, -0.15) is 0 Å². The van der Waals surface area contributed by atoms with Crippen LogP contribution in [0.4, 0.5) is 5.82 Å². The smallest absolute Gasteiger partial charge is 0.233 e. The van der Waals surface area contributed by atoms with Crippen LogP contribution in [-0.4, -0.2) is 32.2 Å². The van der Waals surface area contributed by atoms with E-state index in [9.17, 15) is 8.42 Å². The average molecular weight is 336 g/mol. The van der Waals surface area contributed by atoms with E-state index in [1.807, 2.05) is 13.8 Å². The van der Waals surface area contributed by atoms with E-state index < -0.39 is 10.0 Å². The Balaban J connectivity index is 2.56. The Morgan fingerprint density at radius 2 is 2.11 bits per heavy atom. The molecule has 0 aliphatic heterocycles. The molecule has 0 aliphatic rings. The summed E-state index contributed by atoms with van der Waals surface area (Å²) in [6.45, 7) is 5.35. The summed E-state index contributed by atoms with van der Waals surface area (Å²) in [4.78, 5) is 4.15. The number of rotatable bonds is 7. The molecule has 0 radical (unpaired) electrons. The van der Waals surface area contributed by atoms with Crippen LogP contribution in [0.25, 0.3) is 0 Å². The average Bonchev–Trinajstić information content (AvgIpc) is 2.29. The number of halogens is 1. The number of hydrogen-bond donors (Lipinski definition) is 2. The lowest BCUT2D eigenvalue weighted by atomic mass is 10.4. The highest BCUT2D eigenvalue weighted by atomic mass is 79.9. The predicted octanol–water partition coefficient (Wildman–Crippen LogP) is 1.89. The number of anilines is 1. The van der Waals surface area contributed by atoms with Crippen LogP contribution in [0.15, 0.2) is 16.6 Å². The molecule has 1 aromatic heterocycles. The van der Waals surface area contributed by atoms with Crippen LogP contribution in [0.3, 0.4) is 0 Å². The number of sulfonamides is 1. The van der Waals surface area contributed by atoms with E-state index in [0.29, 0.717) is 18.8 Å². The van der Waals surface area contributed by atoms with Gasteiger partial charge in [-0.05, 0) is 54.5 Å². The van der Waals surface area contributed by atoms with Crippen molar-refractivity contribution < 1.29 is 8.42 Å². The van der Waals surface area contributed by atoms with Crippen molar-refractivity contribution in [3.8, 4) is 0 Å². The summed E-state index contributed by atoms with van der Waals surface area (Å²) in [5.41, 5.74) is 0.753. The fourth-order valence-corrected chi connectivity index (χ4v) is 2.65. The first kappa shape index (κ1) is 15.4. The Hall–Kier alpha value is -0.660. The summed E-state index contributed by atoms with van der Waals surface area (Å²) in [7, 11) is -3.31. The fraction of sp³-hybridized carbons (Fsp3) is 0.545. The molecule has 0 unspecified atom stereocenters. The zero-order valence-electron chi connectivity index (χ0n) is 10.5. The summed E-state index contributed by atoms with van der Waals surface area (Å²) >= 11 is 3.32. The minimum Gasteiger partial charge on any atom is -0.317 e. The van der Waals surface area contributed by atoms with E-state index in [-0.39, 0.29) is 5.75 Å². The van der Waals surface area contributed by atoms with Gasteiger partial charge in [-0.3, -0.25) is 4.72 Å². The molecular formula is C11H18BrN3O2S. The molecule has 5 nitrogen and oxygen atoms in total. The third-order valence-corrected chi connectivity index (χ3v) is 4.48. The van der Waals surface area contributed by atoms with Gasteiger partial charge in [-0.1, -0.05) is 6.92 Å². The van der Waals surface area contributed by atoms with Crippen LogP contribution in [0.5, 0.6) is 0 Å². The molecule has 7 heteroatoms. The fourth-order valence-electron chi connectivity index (χ4n) is 1.38. The van der Waals surface area contributed by atoms with Gasteiger partial charge in [0.05, 0.1) is 11.4 Å². The number of hydrogen-bond acceptors (Lipinski definition) is 4. The first-order valence-electron chi connectivity index (χ1n) is 5.79. The standard InChI is InChI=1S/C11H18BrN3O2S/c1-3-13-7-4-8-18(16,17)15-11-6-5-10(12)9(2)14-11/h5-6,13H,3-4,7-8H2,1-2H3,(H,14,15). The van der Waals surface area contributed by atoms with Gasteiger partial charge in [-0.25, -0.2) is 13.4 Å². The molecule has 1 rings (SSSR count). The molecule has 0 atom stereocenters. The van der Waals surface area contributed by atoms with Crippen LogP contribution in [0.1, 0.15) is 19.0 Å². The van der Waals surface area contributed by atoms with E-state index >= 15 is 0 Å². The number of nitrogens with zero attached hydrogens (tertiary/aromatic N) is 1. The first-order chi connectivity index (χ1) is 8.44. The molecule has 102 valence electrons. The first-order valence-corrected chi connectivity index (χ1v) is 8.23. The zero-order chi connectivity index (χ0) is 13.6. The van der Waals surface area contributed by atoms with E-state index in [4.69, 9.17) is 0 Å². The largest absolute Gasteiger partial charge is 0.317 e. The van der Waals surface area contributed by atoms with Crippen LogP contribution in [-0.2, 0) is 10.0 Å². The van der Waals surface area contributed by atoms with Crippen LogP contribution in [0, 0.1) is 6.92 Å². The molecular weight excluding hydrogens is 318 g/mol. The zero-order valence-corrected chi connectivity index (χ0v) is 12.9. The van der Waals surface area contributed by atoms with Gasteiger partial charge in [-0.15, -0.1) is 0 Å². The maximum Gasteiger partial charge on any atom is 0.233 e. The van der Waals surface area contributed by atoms with Crippen LogP contribution < -0.4 is 10.0 Å². The molecule has 1 aromatic rings. The molecule has 0 fully saturated rings. The SMILES string of the molecule is CCNCCCS(=O)(=O)Nc1ccc(Br)c(C)n1. The lowest BCUT2D eigenvalue weighted by molar-refractivity contribution is 0.595. The van der Waals surface area contributed by atoms with Gasteiger partial charge < -0.3 is 5.32 Å². The van der Waals surface area contributed by atoms with Crippen molar-refractivity contribution in [2.45, 2.75) is 20.3 Å². The number of aromatic nitrogens is 1. The molecule has 0 bridgehead atoms. The van der Waals surface area contributed by atoms with Gasteiger partial charge in [0, 0.05) is 4.47 Å². The summed E-state index contributed by atoms with van der Waals surface area (Å²) < 4.78 is 26.9. The van der Waals surface area contributed by atoms with Gasteiger partial charge in [0.25, 0.3) is 0 Å². The summed E-state index contributed by atoms with van der Waals surface area (Å²) in [6, 6.07) is 3.41. The minimum atomic E-state index is -3.31. The Morgan fingerprint density at radius 3 is 2.72 bits per heavy atom. The molecule has 18 heavy (non-hydrogen) atoms. The Morgan fingerprint density at radius 1 is 1.39 bits per heavy atom. The summed E-state index contributed by atoms with van der Waals surface area (Å²) in [5.74, 6) is 0.454. The highest BCUT2D eigenvalue weighted by Gasteiger charge is 2.11. The Kier molecular flexibility index (Phi) is 6.04. The van der Waals surface area contributed by atoms with Crippen molar-refractivity contribution in [2.75, 3.05) is 23.6 Å². The van der Waals surface area contributed by atoms with E-state index in [1.54, 1.807) is 12.1 Å². The van der Waals surface area contributed by atoms with Crippen molar-refractivity contribution in [3.05, 3.63) is 22.3 Å². The second-order valence-electron chi connectivity index (χ2n) is 3.89. The van der Waals surface area contributed by atoms with Crippen molar-refractivity contribution in [1.82, 2.24) is 10.3 Å². The van der Waals surface area contributed by atoms with E-state index in [0.717, 1.165) is 16.7 Å². The Bertz CT molecular complexity index is 491. The summed E-state index contributed by atoms with van der Waals surface area (Å²) in [6.07, 6.45) is 0.582. The van der Waals surface area contributed by atoms with Gasteiger partial charge in [0.1, 0.15) is 5.82 Å². The van der Waals surface area contributed by atoms with Crippen LogP contribution >= 0.6 is 15.9 Å². The van der Waals surface area contributed by atoms with E-state index in [2.05, 4.69) is 31.0 Å². The monoisotopic (exact) mass is 335 g/mol. The highest BCUT2D eigenvalue weighted by molar-refractivity contribution is 9.10. The molecule has 0 saturated carbocycles. The molecule has 0 saturated heterocycles. The van der Waals surface area contributed by atoms with Gasteiger partial charge in [0.2, 0.25) is 10.0 Å². The molecule has 0 amide bonds. The maximum atomic E-state index is 11.8. The van der Waals surface area contributed by atoms with Crippen molar-refractivity contribution in [1.29, 1.82) is 0 Å². The normalized spacial score (nSPS) is 11.5. The quantitative estimate of drug-likeness (QED) is 0.746.